The van der Waals surface area contributed by atoms with Crippen LogP contribution in [0.5, 0.6) is 5.75 Å². The summed E-state index contributed by atoms with van der Waals surface area (Å²) in [5.41, 5.74) is 8.00. The SMILES string of the molecule is COCN[C@H](C(=O)N1[C@@H](C)CC[C@H]1c1nc2c(ccc3cc4c(cc32)OCc2cc(-c3nc([C@@H]5C[C@H](COC)CN5C(=O)[C@@H](NC(=O)OC)C(C)C)[nH]c3C3CC3)ccc2-4)[nH]1)C(C)C. The number of amides is 3. The number of likely N-dealkylation sites (tertiary alicyclic amines) is 2. The summed E-state index contributed by atoms with van der Waals surface area (Å²) in [6.07, 6.45) is 3.95. The zero-order valence-corrected chi connectivity index (χ0v) is 38.2. The summed E-state index contributed by atoms with van der Waals surface area (Å²) in [5.74, 6) is 2.71. The lowest BCUT2D eigenvalue weighted by Crippen LogP contribution is -2.51. The Morgan fingerprint density at radius 2 is 1.64 bits per heavy atom. The highest BCUT2D eigenvalue weighted by Crippen LogP contribution is 2.48. The highest BCUT2D eigenvalue weighted by Gasteiger charge is 2.44. The molecule has 9 rings (SSSR count). The zero-order valence-electron chi connectivity index (χ0n) is 38.2. The third-order valence-electron chi connectivity index (χ3n) is 13.8. The maximum Gasteiger partial charge on any atom is 0.407 e. The number of imidazole rings is 2. The first-order valence-corrected chi connectivity index (χ1v) is 22.9. The van der Waals surface area contributed by atoms with Crippen LogP contribution in [0.15, 0.2) is 42.5 Å². The molecule has 64 heavy (non-hydrogen) atoms. The van der Waals surface area contributed by atoms with Crippen LogP contribution in [0.25, 0.3) is 44.2 Å². The van der Waals surface area contributed by atoms with Gasteiger partial charge < -0.3 is 44.0 Å². The molecule has 3 fully saturated rings. The van der Waals surface area contributed by atoms with Gasteiger partial charge in [0.15, 0.2) is 0 Å². The van der Waals surface area contributed by atoms with E-state index in [1.807, 2.05) is 23.6 Å². The summed E-state index contributed by atoms with van der Waals surface area (Å²) in [5, 5.41) is 8.10. The highest BCUT2D eigenvalue weighted by atomic mass is 16.5. The van der Waals surface area contributed by atoms with E-state index in [4.69, 9.17) is 28.9 Å². The minimum absolute atomic E-state index is 0.0721. The van der Waals surface area contributed by atoms with Gasteiger partial charge in [-0.1, -0.05) is 45.9 Å². The Balaban J connectivity index is 1.01. The van der Waals surface area contributed by atoms with Crippen molar-refractivity contribution in [1.29, 1.82) is 0 Å². The quantitative estimate of drug-likeness (QED) is 0.0809. The molecule has 2 saturated heterocycles. The number of carbonyl (C=O) groups excluding carboxylic acids is 3. The fourth-order valence-corrected chi connectivity index (χ4v) is 10.3. The number of carbonyl (C=O) groups is 3. The fourth-order valence-electron chi connectivity index (χ4n) is 10.3. The normalized spacial score (nSPS) is 21.7. The van der Waals surface area contributed by atoms with E-state index in [1.165, 1.54) is 7.11 Å². The van der Waals surface area contributed by atoms with Crippen LogP contribution in [0.3, 0.4) is 0 Å². The summed E-state index contributed by atoms with van der Waals surface area (Å²) >= 11 is 0. The van der Waals surface area contributed by atoms with Crippen molar-refractivity contribution in [3.8, 4) is 28.1 Å². The van der Waals surface area contributed by atoms with Gasteiger partial charge in [-0.3, -0.25) is 14.9 Å². The number of methoxy groups -OCH3 is 3. The number of aromatic amines is 2. The largest absolute Gasteiger partial charge is 0.488 e. The maximum absolute atomic E-state index is 14.2. The first-order valence-electron chi connectivity index (χ1n) is 22.9. The topological polar surface area (TPSA) is 176 Å². The van der Waals surface area contributed by atoms with Crippen molar-refractivity contribution < 1.29 is 33.3 Å². The number of alkyl carbamates (subject to hydrolysis) is 1. The van der Waals surface area contributed by atoms with Crippen LogP contribution >= 0.6 is 0 Å². The number of ether oxygens (including phenoxy) is 4. The summed E-state index contributed by atoms with van der Waals surface area (Å²) in [7, 11) is 4.61. The molecule has 0 unspecified atom stereocenters. The molecule has 340 valence electrons. The van der Waals surface area contributed by atoms with Gasteiger partial charge >= 0.3 is 6.09 Å². The molecule has 1 saturated carbocycles. The van der Waals surface area contributed by atoms with Crippen LogP contribution in [-0.4, -0.2) is 107 Å². The predicted molar refractivity (Wildman–Crippen MR) is 243 cm³/mol. The Hall–Kier alpha value is -5.51. The molecule has 4 N–H and O–H groups in total. The van der Waals surface area contributed by atoms with Gasteiger partial charge in [-0.15, -0.1) is 0 Å². The molecule has 3 aromatic carbocycles. The van der Waals surface area contributed by atoms with E-state index >= 15 is 0 Å². The molecule has 15 heteroatoms. The molecule has 2 aromatic heterocycles. The molecule has 3 amide bonds. The minimum Gasteiger partial charge on any atom is -0.488 e. The lowest BCUT2D eigenvalue weighted by Gasteiger charge is -2.33. The summed E-state index contributed by atoms with van der Waals surface area (Å²) in [4.78, 5) is 62.2. The van der Waals surface area contributed by atoms with Gasteiger partial charge in [0.05, 0.1) is 55.3 Å². The first-order chi connectivity index (χ1) is 30.9. The van der Waals surface area contributed by atoms with E-state index in [-0.39, 0.29) is 53.7 Å². The number of hydrogen-bond donors (Lipinski definition) is 4. The monoisotopic (exact) mass is 874 g/mol. The molecular weight excluding hydrogens is 813 g/mol. The molecule has 5 aromatic rings. The minimum atomic E-state index is -0.743. The molecule has 4 aliphatic rings. The average Bonchev–Trinajstić information content (AvgIpc) is 3.57. The van der Waals surface area contributed by atoms with Crippen molar-refractivity contribution in [1.82, 2.24) is 40.4 Å². The van der Waals surface area contributed by atoms with Crippen molar-refractivity contribution in [2.75, 3.05) is 41.2 Å². The van der Waals surface area contributed by atoms with E-state index in [1.54, 1.807) is 14.2 Å². The van der Waals surface area contributed by atoms with Crippen molar-refractivity contribution >= 4 is 39.7 Å². The van der Waals surface area contributed by atoms with Crippen LogP contribution < -0.4 is 15.4 Å². The van der Waals surface area contributed by atoms with Crippen LogP contribution in [-0.2, 0) is 30.4 Å². The van der Waals surface area contributed by atoms with Crippen LogP contribution in [0.4, 0.5) is 4.79 Å². The van der Waals surface area contributed by atoms with Gasteiger partial charge in [-0.25, -0.2) is 14.8 Å². The number of rotatable bonds is 14. The van der Waals surface area contributed by atoms with Gasteiger partial charge in [0, 0.05) is 60.8 Å². The van der Waals surface area contributed by atoms with E-state index in [0.717, 1.165) is 98.5 Å². The van der Waals surface area contributed by atoms with Gasteiger partial charge in [0.1, 0.15) is 30.0 Å². The lowest BCUT2D eigenvalue weighted by atomic mass is 9.92. The molecule has 0 radical (unpaired) electrons. The van der Waals surface area contributed by atoms with Crippen molar-refractivity contribution in [2.45, 2.75) is 109 Å². The van der Waals surface area contributed by atoms with Gasteiger partial charge in [-0.2, -0.15) is 0 Å². The zero-order chi connectivity index (χ0) is 45.0. The molecule has 3 aliphatic heterocycles. The summed E-state index contributed by atoms with van der Waals surface area (Å²) in [6.45, 7) is 11.8. The summed E-state index contributed by atoms with van der Waals surface area (Å²) in [6, 6.07) is 13.6. The number of H-pyrrole nitrogens is 2. The Bertz CT molecular complexity index is 2560. The Labute approximate surface area is 374 Å². The van der Waals surface area contributed by atoms with E-state index in [9.17, 15) is 14.4 Å². The van der Waals surface area contributed by atoms with E-state index in [0.29, 0.717) is 38.8 Å². The third kappa shape index (κ3) is 8.11. The smallest absolute Gasteiger partial charge is 0.407 e. The Kier molecular flexibility index (Phi) is 12.2. The van der Waals surface area contributed by atoms with Crippen LogP contribution in [0.1, 0.15) is 108 Å². The Morgan fingerprint density at radius 3 is 2.36 bits per heavy atom. The average molecular weight is 875 g/mol. The highest BCUT2D eigenvalue weighted by molar-refractivity contribution is 6.07. The predicted octanol–water partition coefficient (Wildman–Crippen LogP) is 7.73. The van der Waals surface area contributed by atoms with E-state index < -0.39 is 12.1 Å². The van der Waals surface area contributed by atoms with Gasteiger partial charge in [-0.05, 0) is 91.6 Å². The molecule has 5 heterocycles. The molecule has 15 nitrogen and oxygen atoms in total. The van der Waals surface area contributed by atoms with Crippen molar-refractivity contribution in [2.24, 2.45) is 17.8 Å². The number of benzene rings is 3. The standard InChI is InChI=1S/C49H62N8O7/c1-25(2)40(50-24-62-7)48(59)57-27(5)9-16-37(57)45-51-36-15-13-30-19-35-33-14-12-31(18-32(33)23-64-39(35)20-34(30)44(36)54-45)43-42(29-10-11-29)52-46(53-43)38-17-28(22-61-6)21-56(38)47(58)41(26(3)4)55-49(60)63-8/h12-15,18-20,25-29,37-38,40-41,50H,9-11,16-17,21-24H2,1-8H3,(H,51,54)(H,52,53)(H,55,60)/t27-,28-,37-,38-,40-,41-/m0/s1. The second kappa shape index (κ2) is 17.8. The second-order valence-corrected chi connectivity index (χ2v) is 18.9. The van der Waals surface area contributed by atoms with Crippen LogP contribution in [0, 0.1) is 17.8 Å². The molecule has 1 aliphatic carbocycles. The van der Waals surface area contributed by atoms with Crippen LogP contribution in [0.2, 0.25) is 0 Å². The van der Waals surface area contributed by atoms with Gasteiger partial charge in [0.2, 0.25) is 11.8 Å². The fraction of sp³-hybridized carbons (Fsp3) is 0.531. The second-order valence-electron chi connectivity index (χ2n) is 18.9. The van der Waals surface area contributed by atoms with E-state index in [2.05, 4.69) is 83.8 Å². The molecule has 0 bridgehead atoms. The molecule has 6 atom stereocenters. The van der Waals surface area contributed by atoms with Crippen molar-refractivity contribution in [3.63, 3.8) is 0 Å². The summed E-state index contributed by atoms with van der Waals surface area (Å²) < 4.78 is 22.2. The molecule has 0 spiro atoms. The molecular formula is C49H62N8O7. The van der Waals surface area contributed by atoms with Gasteiger partial charge in [0.25, 0.3) is 0 Å². The number of fused-ring (bicyclic) bond motifs is 6. The Morgan fingerprint density at radius 1 is 0.859 bits per heavy atom. The number of aromatic nitrogens is 4. The number of hydrogen-bond acceptors (Lipinski definition) is 10. The third-order valence-corrected chi connectivity index (χ3v) is 13.8. The first kappa shape index (κ1) is 43.7. The number of nitrogens with zero attached hydrogens (tertiary/aromatic N) is 4. The van der Waals surface area contributed by atoms with Crippen molar-refractivity contribution in [3.05, 3.63) is 65.4 Å². The maximum atomic E-state index is 14.2. The lowest BCUT2D eigenvalue weighted by molar-refractivity contribution is -0.138. The number of nitrogens with one attached hydrogen (secondary N) is 4.